The van der Waals surface area contributed by atoms with Crippen molar-refractivity contribution in [3.8, 4) is 0 Å². The number of pyridine rings is 1. The molecule has 2 rings (SSSR count). The van der Waals surface area contributed by atoms with Gasteiger partial charge in [0.1, 0.15) is 0 Å². The smallest absolute Gasteiger partial charge is 0.0511 e. The molecule has 1 aromatic carbocycles. The number of aryl methyl sites for hydroxylation is 1. The van der Waals surface area contributed by atoms with E-state index in [9.17, 15) is 0 Å². The quantitative estimate of drug-likeness (QED) is 0.674. The zero-order valence-corrected chi connectivity index (χ0v) is 11.8. The highest BCUT2D eigenvalue weighted by Crippen LogP contribution is 2.26. The molecular weight excluding hydrogens is 290 g/mol. The van der Waals surface area contributed by atoms with Crippen LogP contribution in [-0.2, 0) is 6.42 Å². The average Bonchev–Trinajstić information content (AvgIpc) is 2.40. The molecule has 3 nitrogen and oxygen atoms in total. The molecule has 0 radical (unpaired) electrons. The summed E-state index contributed by atoms with van der Waals surface area (Å²) in [6.07, 6.45) is 4.43. The van der Waals surface area contributed by atoms with E-state index in [4.69, 9.17) is 5.84 Å². The summed E-state index contributed by atoms with van der Waals surface area (Å²) in [4.78, 5) is 4.02. The van der Waals surface area contributed by atoms with Crippen LogP contribution >= 0.6 is 15.9 Å². The number of hydrazine groups is 1. The first-order valence-corrected chi connectivity index (χ1v) is 6.61. The minimum absolute atomic E-state index is 0.0849. The van der Waals surface area contributed by atoms with Crippen molar-refractivity contribution in [3.05, 3.63) is 63.9 Å². The van der Waals surface area contributed by atoms with Crippen LogP contribution < -0.4 is 11.3 Å². The summed E-state index contributed by atoms with van der Waals surface area (Å²) in [7, 11) is 0. The molecule has 0 amide bonds. The molecule has 0 aliphatic heterocycles. The third kappa shape index (κ3) is 3.16. The molecule has 0 spiro atoms. The fraction of sp³-hybridized carbons (Fsp3) is 0.214. The molecule has 1 aromatic heterocycles. The Morgan fingerprint density at radius 2 is 2.00 bits per heavy atom. The number of nitrogens with one attached hydrogen (secondary N) is 1. The Labute approximate surface area is 116 Å². The fourth-order valence-corrected chi connectivity index (χ4v) is 2.47. The maximum atomic E-state index is 5.69. The maximum Gasteiger partial charge on any atom is 0.0511 e. The number of halogens is 1. The van der Waals surface area contributed by atoms with E-state index < -0.39 is 0 Å². The summed E-state index contributed by atoms with van der Waals surface area (Å²) in [6, 6.07) is 10.4. The standard InChI is InChI=1S/C14H16BrN3/c1-10-2-3-13(15)12(8-10)14(18-16)9-11-4-6-17-7-5-11/h2-8,14,18H,9,16H2,1H3. The lowest BCUT2D eigenvalue weighted by Gasteiger charge is -2.18. The highest BCUT2D eigenvalue weighted by Gasteiger charge is 2.13. The lowest BCUT2D eigenvalue weighted by Crippen LogP contribution is -2.29. The Balaban J connectivity index is 2.26. The second-order valence-electron chi connectivity index (χ2n) is 4.30. The van der Waals surface area contributed by atoms with E-state index in [1.807, 2.05) is 12.1 Å². The molecule has 0 saturated heterocycles. The first-order valence-electron chi connectivity index (χ1n) is 5.82. The van der Waals surface area contributed by atoms with Gasteiger partial charge in [0.2, 0.25) is 0 Å². The van der Waals surface area contributed by atoms with Crippen LogP contribution in [-0.4, -0.2) is 4.98 Å². The summed E-state index contributed by atoms with van der Waals surface area (Å²) in [5.41, 5.74) is 6.49. The predicted octanol–water partition coefficient (Wildman–Crippen LogP) is 2.90. The molecular formula is C14H16BrN3. The zero-order chi connectivity index (χ0) is 13.0. The van der Waals surface area contributed by atoms with E-state index in [2.05, 4.69) is 51.5 Å². The van der Waals surface area contributed by atoms with E-state index >= 15 is 0 Å². The van der Waals surface area contributed by atoms with Gasteiger partial charge in [-0.15, -0.1) is 0 Å². The van der Waals surface area contributed by atoms with Gasteiger partial charge in [0.15, 0.2) is 0 Å². The van der Waals surface area contributed by atoms with Crippen molar-refractivity contribution in [1.29, 1.82) is 0 Å². The van der Waals surface area contributed by atoms with Crippen LogP contribution in [0.1, 0.15) is 22.7 Å². The predicted molar refractivity (Wildman–Crippen MR) is 76.9 cm³/mol. The molecule has 2 aromatic rings. The Kier molecular flexibility index (Phi) is 4.47. The van der Waals surface area contributed by atoms with Crippen molar-refractivity contribution in [2.75, 3.05) is 0 Å². The number of nitrogens with two attached hydrogens (primary N) is 1. The summed E-state index contributed by atoms with van der Waals surface area (Å²) >= 11 is 3.58. The summed E-state index contributed by atoms with van der Waals surface area (Å²) in [5.74, 6) is 5.69. The van der Waals surface area contributed by atoms with Crippen molar-refractivity contribution in [3.63, 3.8) is 0 Å². The molecule has 0 bridgehead atoms. The monoisotopic (exact) mass is 305 g/mol. The van der Waals surface area contributed by atoms with E-state index in [1.165, 1.54) is 16.7 Å². The fourth-order valence-electron chi connectivity index (χ4n) is 1.94. The Bertz CT molecular complexity index is 514. The lowest BCUT2D eigenvalue weighted by atomic mass is 9.99. The van der Waals surface area contributed by atoms with Gasteiger partial charge in [-0.25, -0.2) is 0 Å². The second-order valence-corrected chi connectivity index (χ2v) is 5.16. The third-order valence-corrected chi connectivity index (χ3v) is 3.64. The molecule has 18 heavy (non-hydrogen) atoms. The number of hydrogen-bond donors (Lipinski definition) is 2. The molecule has 1 heterocycles. The van der Waals surface area contributed by atoms with Crippen molar-refractivity contribution in [1.82, 2.24) is 10.4 Å². The number of hydrogen-bond acceptors (Lipinski definition) is 3. The summed E-state index contributed by atoms with van der Waals surface area (Å²) in [6.45, 7) is 2.08. The zero-order valence-electron chi connectivity index (χ0n) is 10.2. The number of benzene rings is 1. The van der Waals surface area contributed by atoms with Crippen LogP contribution in [0, 0.1) is 6.92 Å². The normalized spacial score (nSPS) is 12.4. The molecule has 0 aliphatic carbocycles. The van der Waals surface area contributed by atoms with Gasteiger partial charge in [0.25, 0.3) is 0 Å². The highest BCUT2D eigenvalue weighted by molar-refractivity contribution is 9.10. The Morgan fingerprint density at radius 1 is 1.28 bits per heavy atom. The molecule has 0 fully saturated rings. The maximum absolute atomic E-state index is 5.69. The largest absolute Gasteiger partial charge is 0.271 e. The van der Waals surface area contributed by atoms with Gasteiger partial charge < -0.3 is 0 Å². The van der Waals surface area contributed by atoms with Crippen LogP contribution in [0.5, 0.6) is 0 Å². The van der Waals surface area contributed by atoms with Crippen molar-refractivity contribution < 1.29 is 0 Å². The molecule has 1 atom stereocenters. The van der Waals surface area contributed by atoms with Gasteiger partial charge in [-0.3, -0.25) is 16.3 Å². The average molecular weight is 306 g/mol. The van der Waals surface area contributed by atoms with Crippen molar-refractivity contribution in [2.24, 2.45) is 5.84 Å². The lowest BCUT2D eigenvalue weighted by molar-refractivity contribution is 0.549. The highest BCUT2D eigenvalue weighted by atomic mass is 79.9. The van der Waals surface area contributed by atoms with E-state index in [1.54, 1.807) is 12.4 Å². The van der Waals surface area contributed by atoms with Gasteiger partial charge in [-0.1, -0.05) is 33.6 Å². The number of aromatic nitrogens is 1. The molecule has 0 aliphatic rings. The van der Waals surface area contributed by atoms with E-state index in [0.29, 0.717) is 0 Å². The van der Waals surface area contributed by atoms with Crippen molar-refractivity contribution in [2.45, 2.75) is 19.4 Å². The van der Waals surface area contributed by atoms with E-state index in [-0.39, 0.29) is 6.04 Å². The van der Waals surface area contributed by atoms with Gasteiger partial charge in [0.05, 0.1) is 6.04 Å². The van der Waals surface area contributed by atoms with Crippen LogP contribution in [0.15, 0.2) is 47.2 Å². The van der Waals surface area contributed by atoms with Crippen LogP contribution in [0.4, 0.5) is 0 Å². The van der Waals surface area contributed by atoms with Crippen LogP contribution in [0.3, 0.4) is 0 Å². The number of nitrogens with zero attached hydrogens (tertiary/aromatic N) is 1. The van der Waals surface area contributed by atoms with Gasteiger partial charge >= 0.3 is 0 Å². The Hall–Kier alpha value is -1.23. The van der Waals surface area contributed by atoms with Crippen LogP contribution in [0.2, 0.25) is 0 Å². The summed E-state index contributed by atoms with van der Waals surface area (Å²) in [5, 5.41) is 0. The van der Waals surface area contributed by atoms with Gasteiger partial charge in [0, 0.05) is 16.9 Å². The first kappa shape index (κ1) is 13.2. The molecule has 1 unspecified atom stereocenters. The Morgan fingerprint density at radius 3 is 2.67 bits per heavy atom. The second kappa shape index (κ2) is 6.09. The minimum atomic E-state index is 0.0849. The molecule has 0 saturated carbocycles. The summed E-state index contributed by atoms with van der Waals surface area (Å²) < 4.78 is 1.07. The molecule has 94 valence electrons. The number of rotatable bonds is 4. The minimum Gasteiger partial charge on any atom is -0.271 e. The van der Waals surface area contributed by atoms with Gasteiger partial charge in [-0.2, -0.15) is 0 Å². The molecule has 3 N–H and O–H groups in total. The molecule has 4 heteroatoms. The van der Waals surface area contributed by atoms with Crippen molar-refractivity contribution >= 4 is 15.9 Å². The topological polar surface area (TPSA) is 50.9 Å². The van der Waals surface area contributed by atoms with Gasteiger partial charge in [-0.05, 0) is 42.7 Å². The first-order chi connectivity index (χ1) is 8.70. The van der Waals surface area contributed by atoms with Crippen LogP contribution in [0.25, 0.3) is 0 Å². The SMILES string of the molecule is Cc1ccc(Br)c(C(Cc2ccncc2)NN)c1. The van der Waals surface area contributed by atoms with E-state index in [0.717, 1.165) is 10.9 Å². The third-order valence-electron chi connectivity index (χ3n) is 2.92.